The van der Waals surface area contributed by atoms with Crippen LogP contribution in [0.5, 0.6) is 5.75 Å². The van der Waals surface area contributed by atoms with E-state index in [2.05, 4.69) is 17.4 Å². The number of benzene rings is 2. The minimum absolute atomic E-state index is 0.0400. The van der Waals surface area contributed by atoms with Gasteiger partial charge in [-0.05, 0) is 44.0 Å². The maximum absolute atomic E-state index is 12.5. The zero-order valence-electron chi connectivity index (χ0n) is 15.0. The Morgan fingerprint density at radius 2 is 1.73 bits per heavy atom. The Labute approximate surface area is 159 Å². The van der Waals surface area contributed by atoms with E-state index in [1.54, 1.807) is 6.92 Å². The molecule has 1 atom stereocenters. The average Bonchev–Trinajstić information content (AvgIpc) is 2.68. The molecule has 1 N–H and O–H groups in total. The summed E-state index contributed by atoms with van der Waals surface area (Å²) in [6, 6.07) is 19.8. The van der Waals surface area contributed by atoms with E-state index in [1.807, 2.05) is 60.3 Å². The lowest BCUT2D eigenvalue weighted by Gasteiger charge is -2.37. The maximum Gasteiger partial charge on any atom is 0.260 e. The largest absolute Gasteiger partial charge is 0.481 e. The number of para-hydroxylation sites is 1. The van der Waals surface area contributed by atoms with Crippen LogP contribution in [0.4, 0.5) is 0 Å². The SMILES string of the molecule is C[C@H](Oc1ccccc1)C(=O)NCC1(Sc2ccccc2)CCOCC1. The zero-order chi connectivity index (χ0) is 18.2. The van der Waals surface area contributed by atoms with Crippen molar-refractivity contribution in [2.75, 3.05) is 19.8 Å². The van der Waals surface area contributed by atoms with E-state index in [0.29, 0.717) is 12.3 Å². The van der Waals surface area contributed by atoms with Gasteiger partial charge >= 0.3 is 0 Å². The fourth-order valence-electron chi connectivity index (χ4n) is 2.95. The van der Waals surface area contributed by atoms with E-state index < -0.39 is 6.10 Å². The summed E-state index contributed by atoms with van der Waals surface area (Å²) in [4.78, 5) is 13.7. The van der Waals surface area contributed by atoms with Gasteiger partial charge in [0.2, 0.25) is 0 Å². The number of thioether (sulfide) groups is 1. The third-order valence-electron chi connectivity index (χ3n) is 4.49. The number of ether oxygens (including phenoxy) is 2. The van der Waals surface area contributed by atoms with Gasteiger partial charge in [0, 0.05) is 29.4 Å². The van der Waals surface area contributed by atoms with Gasteiger partial charge in [-0.25, -0.2) is 0 Å². The number of carbonyl (C=O) groups excluding carboxylic acids is 1. The van der Waals surface area contributed by atoms with Gasteiger partial charge in [-0.3, -0.25) is 4.79 Å². The lowest BCUT2D eigenvalue weighted by molar-refractivity contribution is -0.127. The van der Waals surface area contributed by atoms with Crippen LogP contribution in [-0.2, 0) is 9.53 Å². The molecular weight excluding hydrogens is 346 g/mol. The lowest BCUT2D eigenvalue weighted by atomic mass is 9.99. The molecular formula is C21H25NO3S. The van der Waals surface area contributed by atoms with Crippen molar-refractivity contribution in [3.63, 3.8) is 0 Å². The number of carbonyl (C=O) groups is 1. The summed E-state index contributed by atoms with van der Waals surface area (Å²) in [5.74, 6) is 0.614. The van der Waals surface area contributed by atoms with Crippen molar-refractivity contribution in [2.24, 2.45) is 0 Å². The van der Waals surface area contributed by atoms with Crippen LogP contribution < -0.4 is 10.1 Å². The summed E-state index contributed by atoms with van der Waals surface area (Å²) in [6.07, 6.45) is 1.30. The first kappa shape index (κ1) is 18.8. The minimum Gasteiger partial charge on any atom is -0.481 e. The van der Waals surface area contributed by atoms with Crippen LogP contribution in [0.15, 0.2) is 65.6 Å². The summed E-state index contributed by atoms with van der Waals surface area (Å²) in [7, 11) is 0. The average molecular weight is 372 g/mol. The first-order valence-electron chi connectivity index (χ1n) is 8.98. The molecule has 1 fully saturated rings. The molecule has 2 aromatic carbocycles. The topological polar surface area (TPSA) is 47.6 Å². The number of nitrogens with one attached hydrogen (secondary N) is 1. The summed E-state index contributed by atoms with van der Waals surface area (Å²) in [5.41, 5.74) is 0. The van der Waals surface area contributed by atoms with Gasteiger partial charge in [0.05, 0.1) is 0 Å². The summed E-state index contributed by atoms with van der Waals surface area (Å²) < 4.78 is 11.2. The lowest BCUT2D eigenvalue weighted by Crippen LogP contribution is -2.47. The molecule has 0 bridgehead atoms. The molecule has 3 rings (SSSR count). The minimum atomic E-state index is -0.531. The Hall–Kier alpha value is -1.98. The summed E-state index contributed by atoms with van der Waals surface area (Å²) >= 11 is 1.83. The summed E-state index contributed by atoms with van der Waals surface area (Å²) in [6.45, 7) is 3.85. The molecule has 0 spiro atoms. The number of amides is 1. The summed E-state index contributed by atoms with van der Waals surface area (Å²) in [5, 5.41) is 3.09. The predicted octanol–water partition coefficient (Wildman–Crippen LogP) is 3.91. The molecule has 138 valence electrons. The van der Waals surface area contributed by atoms with Gasteiger partial charge in [0.25, 0.3) is 5.91 Å². The fraction of sp³-hybridized carbons (Fsp3) is 0.381. The molecule has 0 aromatic heterocycles. The second-order valence-corrected chi connectivity index (χ2v) is 8.04. The number of rotatable bonds is 7. The molecule has 1 aliphatic rings. The molecule has 1 aliphatic heterocycles. The third-order valence-corrected chi connectivity index (χ3v) is 5.99. The van der Waals surface area contributed by atoms with Crippen LogP contribution in [0.25, 0.3) is 0 Å². The Balaban J connectivity index is 1.59. The molecule has 1 heterocycles. The van der Waals surface area contributed by atoms with E-state index in [-0.39, 0.29) is 10.7 Å². The van der Waals surface area contributed by atoms with Gasteiger partial charge in [-0.1, -0.05) is 36.4 Å². The van der Waals surface area contributed by atoms with Crippen LogP contribution >= 0.6 is 11.8 Å². The van der Waals surface area contributed by atoms with Gasteiger partial charge in [-0.15, -0.1) is 11.8 Å². The quantitative estimate of drug-likeness (QED) is 0.802. The van der Waals surface area contributed by atoms with Crippen molar-refractivity contribution in [1.29, 1.82) is 0 Å². The Kier molecular flexibility index (Phi) is 6.58. The molecule has 5 heteroatoms. The van der Waals surface area contributed by atoms with Crippen molar-refractivity contribution < 1.29 is 14.3 Å². The van der Waals surface area contributed by atoms with E-state index in [4.69, 9.17) is 9.47 Å². The molecule has 0 saturated carbocycles. The van der Waals surface area contributed by atoms with Gasteiger partial charge in [-0.2, -0.15) is 0 Å². The molecule has 1 saturated heterocycles. The molecule has 4 nitrogen and oxygen atoms in total. The highest BCUT2D eigenvalue weighted by Crippen LogP contribution is 2.40. The van der Waals surface area contributed by atoms with Crippen LogP contribution in [0, 0.1) is 0 Å². The first-order valence-corrected chi connectivity index (χ1v) is 9.80. The predicted molar refractivity (Wildman–Crippen MR) is 105 cm³/mol. The van der Waals surface area contributed by atoms with Crippen molar-refractivity contribution in [2.45, 2.75) is 35.5 Å². The second kappa shape index (κ2) is 9.10. The molecule has 0 unspecified atom stereocenters. The highest BCUT2D eigenvalue weighted by molar-refractivity contribution is 8.00. The van der Waals surface area contributed by atoms with Crippen LogP contribution in [-0.4, -0.2) is 36.5 Å². The van der Waals surface area contributed by atoms with Crippen molar-refractivity contribution in [1.82, 2.24) is 5.32 Å². The highest BCUT2D eigenvalue weighted by Gasteiger charge is 2.34. The zero-order valence-corrected chi connectivity index (χ0v) is 15.8. The number of hydrogen-bond acceptors (Lipinski definition) is 4. The fourth-order valence-corrected chi connectivity index (χ4v) is 4.25. The van der Waals surface area contributed by atoms with E-state index in [9.17, 15) is 4.79 Å². The molecule has 0 radical (unpaired) electrons. The Morgan fingerprint density at radius 3 is 2.38 bits per heavy atom. The smallest absolute Gasteiger partial charge is 0.260 e. The van der Waals surface area contributed by atoms with Gasteiger partial charge in [0.1, 0.15) is 5.75 Å². The third kappa shape index (κ3) is 5.26. The molecule has 0 aliphatic carbocycles. The highest BCUT2D eigenvalue weighted by atomic mass is 32.2. The second-order valence-electron chi connectivity index (χ2n) is 6.50. The normalized spacial score (nSPS) is 17.3. The van der Waals surface area contributed by atoms with Crippen molar-refractivity contribution >= 4 is 17.7 Å². The standard InChI is InChI=1S/C21H25NO3S/c1-17(25-18-8-4-2-5-9-18)20(23)22-16-21(12-14-24-15-13-21)26-19-10-6-3-7-11-19/h2-11,17H,12-16H2,1H3,(H,22,23)/t17-/m0/s1. The monoisotopic (exact) mass is 371 g/mol. The maximum atomic E-state index is 12.5. The van der Waals surface area contributed by atoms with E-state index >= 15 is 0 Å². The van der Waals surface area contributed by atoms with Crippen molar-refractivity contribution in [3.05, 3.63) is 60.7 Å². The van der Waals surface area contributed by atoms with Gasteiger partial charge in [0.15, 0.2) is 6.10 Å². The first-order chi connectivity index (χ1) is 12.7. The van der Waals surface area contributed by atoms with E-state index in [1.165, 1.54) is 4.90 Å². The molecule has 1 amide bonds. The van der Waals surface area contributed by atoms with Gasteiger partial charge < -0.3 is 14.8 Å². The van der Waals surface area contributed by atoms with Crippen molar-refractivity contribution in [3.8, 4) is 5.75 Å². The Bertz CT molecular complexity index is 687. The Morgan fingerprint density at radius 1 is 1.12 bits per heavy atom. The molecule has 26 heavy (non-hydrogen) atoms. The number of hydrogen-bond donors (Lipinski definition) is 1. The van der Waals surface area contributed by atoms with E-state index in [0.717, 1.165) is 26.1 Å². The van der Waals surface area contributed by atoms with Crippen LogP contribution in [0.3, 0.4) is 0 Å². The van der Waals surface area contributed by atoms with Crippen LogP contribution in [0.2, 0.25) is 0 Å². The molecule has 2 aromatic rings. The van der Waals surface area contributed by atoms with Crippen LogP contribution in [0.1, 0.15) is 19.8 Å².